The lowest BCUT2D eigenvalue weighted by atomic mass is 9.92. The second-order valence-electron chi connectivity index (χ2n) is 11.2. The first-order valence-corrected chi connectivity index (χ1v) is 15.0. The van der Waals surface area contributed by atoms with Crippen LogP contribution in [0, 0.1) is 0 Å². The van der Waals surface area contributed by atoms with Crippen LogP contribution < -0.4 is 4.90 Å². The Morgan fingerprint density at radius 3 is 1.81 bits per heavy atom. The predicted octanol–water partition coefficient (Wildman–Crippen LogP) is 5.77. The lowest BCUT2D eigenvalue weighted by Crippen LogP contribution is -2.33. The molecule has 0 radical (unpaired) electrons. The number of halogens is 9. The topological polar surface area (TPSA) is 171 Å². The van der Waals surface area contributed by atoms with E-state index < -0.39 is 36.4 Å². The van der Waals surface area contributed by atoms with Gasteiger partial charge in [0, 0.05) is 51.1 Å². The molecule has 0 aliphatic carbocycles. The van der Waals surface area contributed by atoms with Crippen molar-refractivity contribution in [3.63, 3.8) is 0 Å². The zero-order valence-corrected chi connectivity index (χ0v) is 28.1. The number of aliphatic carboxylic acids is 3. The van der Waals surface area contributed by atoms with E-state index in [9.17, 15) is 39.5 Å². The number of methoxy groups -OCH3 is 1. The molecule has 1 aliphatic rings. The summed E-state index contributed by atoms with van der Waals surface area (Å²) in [6.45, 7) is 8.92. The molecule has 52 heavy (non-hydrogen) atoms. The molecular formula is C30H37F9N6O7. The van der Waals surface area contributed by atoms with Gasteiger partial charge in [0.1, 0.15) is 5.52 Å². The van der Waals surface area contributed by atoms with Crippen molar-refractivity contribution in [1.29, 1.82) is 0 Å². The number of imidazole rings is 1. The number of likely N-dealkylation sites (tertiary alicyclic amines) is 1. The predicted molar refractivity (Wildman–Crippen MR) is 166 cm³/mol. The van der Waals surface area contributed by atoms with Crippen LogP contribution in [0.4, 0.5) is 45.3 Å². The molecule has 13 nitrogen and oxygen atoms in total. The van der Waals surface area contributed by atoms with Gasteiger partial charge in [0.25, 0.3) is 0 Å². The molecule has 0 bridgehead atoms. The maximum atomic E-state index is 10.6. The smallest absolute Gasteiger partial charge is 0.475 e. The zero-order valence-electron chi connectivity index (χ0n) is 28.1. The second kappa shape index (κ2) is 19.8. The van der Waals surface area contributed by atoms with Crippen molar-refractivity contribution in [3.8, 4) is 0 Å². The summed E-state index contributed by atoms with van der Waals surface area (Å²) in [5.41, 5.74) is 4.48. The number of carbonyl (C=O) groups is 3. The molecule has 0 amide bonds. The number of carboxylic acids is 3. The van der Waals surface area contributed by atoms with Crippen molar-refractivity contribution in [3.05, 3.63) is 48.2 Å². The number of alkyl halides is 9. The number of piperidine rings is 1. The summed E-state index contributed by atoms with van der Waals surface area (Å²) in [4.78, 5) is 45.7. The van der Waals surface area contributed by atoms with E-state index in [0.717, 1.165) is 56.0 Å². The number of likely N-dealkylation sites (N-methyl/N-ethyl adjacent to an activating group) is 1. The Morgan fingerprint density at radius 2 is 1.40 bits per heavy atom. The molecule has 4 heterocycles. The van der Waals surface area contributed by atoms with E-state index in [2.05, 4.69) is 58.4 Å². The summed E-state index contributed by atoms with van der Waals surface area (Å²) >= 11 is 0. The highest BCUT2D eigenvalue weighted by Gasteiger charge is 2.39. The molecule has 22 heteroatoms. The minimum absolute atomic E-state index is 0.359. The molecular weight excluding hydrogens is 727 g/mol. The minimum atomic E-state index is -5.08. The Hall–Kier alpha value is -4.73. The number of aromatic nitrogens is 4. The number of nitrogens with zero attached hydrogens (tertiary/aromatic N) is 6. The number of pyridine rings is 2. The van der Waals surface area contributed by atoms with Crippen LogP contribution in [0.3, 0.4) is 0 Å². The van der Waals surface area contributed by atoms with Gasteiger partial charge in [-0.3, -0.25) is 9.88 Å². The molecule has 0 saturated carbocycles. The molecule has 3 N–H and O–H groups in total. The molecule has 0 aromatic carbocycles. The van der Waals surface area contributed by atoms with Crippen LogP contribution in [0.15, 0.2) is 36.8 Å². The fourth-order valence-electron chi connectivity index (χ4n) is 4.36. The summed E-state index contributed by atoms with van der Waals surface area (Å²) < 4.78 is 103. The van der Waals surface area contributed by atoms with Gasteiger partial charge in [-0.05, 0) is 58.0 Å². The number of ether oxygens (including phenoxy) is 1. The van der Waals surface area contributed by atoms with E-state index in [-0.39, 0.29) is 0 Å². The number of hydrogen-bond donors (Lipinski definition) is 3. The largest absolute Gasteiger partial charge is 0.490 e. The van der Waals surface area contributed by atoms with E-state index in [1.54, 1.807) is 7.11 Å². The van der Waals surface area contributed by atoms with Gasteiger partial charge >= 0.3 is 36.4 Å². The summed E-state index contributed by atoms with van der Waals surface area (Å²) in [5.74, 6) is -6.85. The van der Waals surface area contributed by atoms with Crippen molar-refractivity contribution in [1.82, 2.24) is 24.4 Å². The molecule has 3 aromatic heterocycles. The number of anilines is 1. The maximum absolute atomic E-state index is 10.6. The van der Waals surface area contributed by atoms with Crippen molar-refractivity contribution < 1.29 is 74.0 Å². The summed E-state index contributed by atoms with van der Waals surface area (Å²) in [5, 5.41) is 21.4. The lowest BCUT2D eigenvalue weighted by Gasteiger charge is -2.32. The van der Waals surface area contributed by atoms with Crippen molar-refractivity contribution in [2.24, 2.45) is 0 Å². The SMILES string of the molecule is COCCN(C)c1nc(C2CCN(Cc3ccccn3)CC2)cc2c1ncn2C(C)C.O=C(O)C(F)(F)F.O=C(O)C(F)(F)F.O=C(O)C(F)(F)F. The second-order valence-corrected chi connectivity index (χ2v) is 11.2. The van der Waals surface area contributed by atoms with Gasteiger partial charge < -0.3 is 29.5 Å². The Labute approximate surface area is 290 Å². The van der Waals surface area contributed by atoms with Gasteiger partial charge in [0.05, 0.1) is 24.1 Å². The fraction of sp³-hybridized carbons (Fsp3) is 0.533. The molecule has 1 fully saturated rings. The molecule has 0 unspecified atom stereocenters. The van der Waals surface area contributed by atoms with Crippen LogP contribution in [-0.2, 0) is 25.7 Å². The first-order valence-electron chi connectivity index (χ1n) is 15.0. The van der Waals surface area contributed by atoms with Crippen LogP contribution >= 0.6 is 0 Å². The average molecular weight is 765 g/mol. The fourth-order valence-corrected chi connectivity index (χ4v) is 4.36. The Balaban J connectivity index is 0.000000525. The van der Waals surface area contributed by atoms with Gasteiger partial charge in [-0.25, -0.2) is 24.4 Å². The number of fused-ring (bicyclic) bond motifs is 1. The maximum Gasteiger partial charge on any atom is 0.490 e. The first-order chi connectivity index (χ1) is 23.9. The van der Waals surface area contributed by atoms with E-state index in [0.29, 0.717) is 18.6 Å². The third kappa shape index (κ3) is 15.3. The van der Waals surface area contributed by atoms with Gasteiger partial charge in [-0.15, -0.1) is 0 Å². The molecule has 3 aromatic rings. The average Bonchev–Trinajstić information content (AvgIpc) is 3.48. The minimum Gasteiger partial charge on any atom is -0.475 e. The third-order valence-corrected chi connectivity index (χ3v) is 6.96. The van der Waals surface area contributed by atoms with Crippen LogP contribution in [0.2, 0.25) is 0 Å². The Bertz CT molecular complexity index is 1520. The van der Waals surface area contributed by atoms with Gasteiger partial charge in [0.15, 0.2) is 5.82 Å². The highest BCUT2D eigenvalue weighted by Crippen LogP contribution is 2.33. The van der Waals surface area contributed by atoms with Crippen molar-refractivity contribution in [2.75, 3.05) is 45.3 Å². The summed E-state index contributed by atoms with van der Waals surface area (Å²) in [6, 6.07) is 8.78. The van der Waals surface area contributed by atoms with E-state index in [1.165, 1.54) is 11.2 Å². The van der Waals surface area contributed by atoms with E-state index in [1.807, 2.05) is 18.6 Å². The highest BCUT2D eigenvalue weighted by molar-refractivity contribution is 5.87. The number of rotatable bonds is 8. The quantitative estimate of drug-likeness (QED) is 0.237. The van der Waals surface area contributed by atoms with Crippen LogP contribution in [-0.4, -0.2) is 117 Å². The van der Waals surface area contributed by atoms with E-state index >= 15 is 0 Å². The Morgan fingerprint density at radius 1 is 0.904 bits per heavy atom. The monoisotopic (exact) mass is 764 g/mol. The number of carboxylic acid groups (broad SMARTS) is 3. The summed E-state index contributed by atoms with van der Waals surface area (Å²) in [7, 11) is 3.81. The molecule has 1 saturated heterocycles. The van der Waals surface area contributed by atoms with Crippen molar-refractivity contribution >= 4 is 34.8 Å². The molecule has 1 aliphatic heterocycles. The summed E-state index contributed by atoms with van der Waals surface area (Å²) in [6.07, 6.45) is -9.20. The van der Waals surface area contributed by atoms with Crippen LogP contribution in [0.5, 0.6) is 0 Å². The standard InChI is InChI=1S/C24H34N6O.3C2HF3O2/c1-18(2)30-17-26-23-22(30)15-21(27-24(23)28(3)13-14-31-4)19-8-11-29(12-9-19)16-20-7-5-6-10-25-20;3*3-2(4,5)1(6)7/h5-7,10,15,17-19H,8-9,11-14,16H2,1-4H3;3*(H,6,7). The number of hydrogen-bond acceptors (Lipinski definition) is 9. The lowest BCUT2D eigenvalue weighted by molar-refractivity contribution is -0.193. The molecule has 0 atom stereocenters. The van der Waals surface area contributed by atoms with Crippen LogP contribution in [0.1, 0.15) is 50.0 Å². The zero-order chi connectivity index (χ0) is 40.0. The normalized spacial score (nSPS) is 14.0. The van der Waals surface area contributed by atoms with Crippen molar-refractivity contribution in [2.45, 2.75) is 63.7 Å². The molecule has 4 rings (SSSR count). The van der Waals surface area contributed by atoms with Crippen LogP contribution in [0.25, 0.3) is 11.0 Å². The molecule has 292 valence electrons. The van der Waals surface area contributed by atoms with E-state index in [4.69, 9.17) is 44.4 Å². The third-order valence-electron chi connectivity index (χ3n) is 6.96. The van der Waals surface area contributed by atoms with Gasteiger partial charge in [-0.1, -0.05) is 6.07 Å². The Kier molecular flexibility index (Phi) is 17.2. The van der Waals surface area contributed by atoms with Gasteiger partial charge in [0.2, 0.25) is 0 Å². The highest BCUT2D eigenvalue weighted by atomic mass is 19.4. The first kappa shape index (κ1) is 45.3. The van der Waals surface area contributed by atoms with Gasteiger partial charge in [-0.2, -0.15) is 39.5 Å². The molecule has 0 spiro atoms.